The molecule has 3 aromatic rings. The number of amides is 2. The number of carbonyl (C=O) groups excluding carboxylic acids is 2. The lowest BCUT2D eigenvalue weighted by Gasteiger charge is -2.48. The Labute approximate surface area is 245 Å². The van der Waals surface area contributed by atoms with Crippen LogP contribution in [0.15, 0.2) is 69.9 Å². The molecule has 2 aliphatic rings. The van der Waals surface area contributed by atoms with Crippen LogP contribution >= 0.6 is 23.1 Å². The molecule has 18 heteroatoms. The fraction of sp³-hybridized carbons (Fsp3) is 0.167. The van der Waals surface area contributed by atoms with E-state index in [1.54, 1.807) is 35.2 Å². The molecule has 1 aromatic carbocycles. The highest BCUT2D eigenvalue weighted by atomic mass is 32.2. The van der Waals surface area contributed by atoms with Gasteiger partial charge in [0.25, 0.3) is 11.8 Å². The maximum absolute atomic E-state index is 13.3. The molecule has 2 amide bonds. The average Bonchev–Trinajstić information content (AvgIpc) is 3.40. The molecule has 0 unspecified atom stereocenters. The Kier molecular flexibility index (Phi) is 7.76. The van der Waals surface area contributed by atoms with Crippen LogP contribution in [0.2, 0.25) is 0 Å². The predicted octanol–water partition coefficient (Wildman–Crippen LogP) is -0.0706. The number of carbonyl (C=O) groups is 3. The van der Waals surface area contributed by atoms with E-state index >= 15 is 0 Å². The van der Waals surface area contributed by atoms with E-state index in [9.17, 15) is 38.1 Å². The Morgan fingerprint density at radius 3 is 2.60 bits per heavy atom. The molecule has 0 spiro atoms. The molecule has 218 valence electrons. The number of β-lactam (4-membered cyclic amide) rings is 1. The van der Waals surface area contributed by atoms with Crippen molar-refractivity contribution in [2.45, 2.75) is 16.3 Å². The van der Waals surface area contributed by atoms with Crippen LogP contribution in [0.25, 0.3) is 5.70 Å². The first kappa shape index (κ1) is 28.8. The Balaban J connectivity index is 1.35. The highest BCUT2D eigenvalue weighted by Gasteiger charge is 2.56. The lowest BCUT2D eigenvalue weighted by molar-refractivity contribution is -0.582. The van der Waals surface area contributed by atoms with Crippen molar-refractivity contribution in [1.82, 2.24) is 15.2 Å². The van der Waals surface area contributed by atoms with Crippen molar-refractivity contribution < 1.29 is 47.5 Å². The van der Waals surface area contributed by atoms with E-state index in [1.165, 1.54) is 17.1 Å². The third-order valence-electron chi connectivity index (χ3n) is 6.11. The summed E-state index contributed by atoms with van der Waals surface area (Å²) in [5.41, 5.74) is 5.33. The first-order valence-electron chi connectivity index (χ1n) is 11.8. The van der Waals surface area contributed by atoms with Crippen molar-refractivity contribution in [3.8, 4) is 11.5 Å². The number of hydrogen-bond acceptors (Lipinski definition) is 13. The second-order valence-corrected chi connectivity index (χ2v) is 12.7. The summed E-state index contributed by atoms with van der Waals surface area (Å²) in [4.78, 5) is 48.2. The number of thioether (sulfide) groups is 1. The SMILES string of the molecule is Nc1nc(/C(=N/OCS(=O)(=O)c2ccc(O)c(O)c2)C(=O)N[C@@H]2C(=O)N3C(C(=O)O)=C([n+]4ccccc4)CS[C@H]23)cs1. The number of rotatable bonds is 9. The monoisotopic (exact) mass is 633 g/mol. The van der Waals surface area contributed by atoms with E-state index in [-0.39, 0.29) is 27.2 Å². The quantitative estimate of drug-likeness (QED) is 0.0686. The average molecular weight is 634 g/mol. The minimum absolute atomic E-state index is 0.0523. The minimum Gasteiger partial charge on any atom is -0.504 e. The zero-order valence-corrected chi connectivity index (χ0v) is 23.6. The maximum atomic E-state index is 13.3. The number of nitrogens with one attached hydrogen (secondary N) is 1. The minimum atomic E-state index is -4.18. The summed E-state index contributed by atoms with van der Waals surface area (Å²) in [6.07, 6.45) is 3.32. The number of nitrogens with zero attached hydrogens (tertiary/aromatic N) is 4. The summed E-state index contributed by atoms with van der Waals surface area (Å²) < 4.78 is 26.8. The van der Waals surface area contributed by atoms with E-state index in [1.807, 2.05) is 0 Å². The van der Waals surface area contributed by atoms with Gasteiger partial charge in [-0.05, 0) is 12.1 Å². The topological polar surface area (TPSA) is 226 Å². The molecule has 2 aromatic heterocycles. The number of nitrogens with two attached hydrogens (primary N) is 1. The normalized spacial score (nSPS) is 18.7. The number of pyridine rings is 1. The second kappa shape index (κ2) is 11.3. The van der Waals surface area contributed by atoms with Crippen LogP contribution in [0.5, 0.6) is 11.5 Å². The number of carboxylic acids is 1. The van der Waals surface area contributed by atoms with Crippen LogP contribution in [0.4, 0.5) is 5.13 Å². The zero-order chi connectivity index (χ0) is 30.2. The number of aromatic nitrogens is 2. The van der Waals surface area contributed by atoms with Gasteiger partial charge in [-0.2, -0.15) is 4.57 Å². The number of oxime groups is 1. The largest absolute Gasteiger partial charge is 0.504 e. The van der Waals surface area contributed by atoms with E-state index < -0.39 is 62.2 Å². The number of thiazole rings is 1. The summed E-state index contributed by atoms with van der Waals surface area (Å²) in [6, 6.07) is 6.94. The molecule has 1 saturated heterocycles. The van der Waals surface area contributed by atoms with E-state index in [0.717, 1.165) is 34.4 Å². The summed E-state index contributed by atoms with van der Waals surface area (Å²) in [6.45, 7) is 0. The van der Waals surface area contributed by atoms with Crippen LogP contribution < -0.4 is 15.6 Å². The molecule has 0 radical (unpaired) electrons. The number of aliphatic carboxylic acids is 1. The molecule has 4 heterocycles. The number of phenols is 2. The highest BCUT2D eigenvalue weighted by molar-refractivity contribution is 8.00. The second-order valence-electron chi connectivity index (χ2n) is 8.77. The number of phenolic OH excluding ortho intramolecular Hbond substituents is 2. The third kappa shape index (κ3) is 5.46. The Bertz CT molecular complexity index is 1760. The van der Waals surface area contributed by atoms with Crippen molar-refractivity contribution in [2.75, 3.05) is 17.4 Å². The first-order chi connectivity index (χ1) is 20.0. The maximum Gasteiger partial charge on any atom is 0.359 e. The lowest BCUT2D eigenvalue weighted by atomic mass is 10.0. The molecular formula is C24H21N6O9S3+. The molecule has 15 nitrogen and oxygen atoms in total. The van der Waals surface area contributed by atoms with Crippen molar-refractivity contribution in [2.24, 2.45) is 5.16 Å². The van der Waals surface area contributed by atoms with Gasteiger partial charge in [-0.3, -0.25) is 14.5 Å². The summed E-state index contributed by atoms with van der Waals surface area (Å²) in [7, 11) is -4.18. The van der Waals surface area contributed by atoms with Crippen LogP contribution in [0.1, 0.15) is 5.69 Å². The van der Waals surface area contributed by atoms with Crippen LogP contribution in [0.3, 0.4) is 0 Å². The number of benzene rings is 1. The number of carboxylic acid groups (broad SMARTS) is 1. The van der Waals surface area contributed by atoms with Gasteiger partial charge in [0.05, 0.1) is 10.6 Å². The van der Waals surface area contributed by atoms with Crippen LogP contribution in [-0.2, 0) is 29.1 Å². The van der Waals surface area contributed by atoms with Gasteiger partial charge in [-0.1, -0.05) is 11.2 Å². The number of nitrogen functional groups attached to an aromatic ring is 1. The molecule has 2 aliphatic heterocycles. The van der Waals surface area contributed by atoms with Gasteiger partial charge >= 0.3 is 5.97 Å². The van der Waals surface area contributed by atoms with Gasteiger partial charge in [-0.15, -0.1) is 23.1 Å². The molecule has 42 heavy (non-hydrogen) atoms. The Hall–Kier alpha value is -4.68. The Morgan fingerprint density at radius 2 is 1.95 bits per heavy atom. The molecule has 2 atom stereocenters. The molecule has 1 fully saturated rings. The highest BCUT2D eigenvalue weighted by Crippen LogP contribution is 2.40. The third-order valence-corrected chi connectivity index (χ3v) is 9.44. The fourth-order valence-electron chi connectivity index (χ4n) is 4.11. The van der Waals surface area contributed by atoms with Gasteiger partial charge < -0.3 is 31.2 Å². The van der Waals surface area contributed by atoms with Gasteiger partial charge in [0, 0.05) is 23.6 Å². The predicted molar refractivity (Wildman–Crippen MR) is 148 cm³/mol. The standard InChI is InChI=1S/C24H20N6O9S3/c25-24-26-13(9-41-24)17(28-39-11-42(37,38)12-4-5-15(31)16(32)8-12)20(33)27-18-21(34)30-19(23(35)36)14(10-40-22(18)30)29-6-2-1-3-7-29/h1-9,18,22H,10-11H2,(H5-,25,26,27,28,31,32,33,35,36)/p+1/t18-,22-/m1/s1. The van der Waals surface area contributed by atoms with Crippen molar-refractivity contribution in [3.63, 3.8) is 0 Å². The first-order valence-corrected chi connectivity index (χ1v) is 15.4. The molecular weight excluding hydrogens is 612 g/mol. The van der Waals surface area contributed by atoms with Gasteiger partial charge in [0.1, 0.15) is 17.1 Å². The molecule has 0 bridgehead atoms. The molecule has 6 N–H and O–H groups in total. The molecule has 0 saturated carbocycles. The number of aromatic hydroxyl groups is 2. The van der Waals surface area contributed by atoms with E-state index in [4.69, 9.17) is 10.6 Å². The zero-order valence-electron chi connectivity index (χ0n) is 21.1. The van der Waals surface area contributed by atoms with Crippen molar-refractivity contribution in [3.05, 3.63) is 65.6 Å². The van der Waals surface area contributed by atoms with Crippen LogP contribution in [-0.4, -0.2) is 80.2 Å². The smallest absolute Gasteiger partial charge is 0.359 e. The summed E-state index contributed by atoms with van der Waals surface area (Å²) in [5, 5.41) is 35.8. The number of anilines is 1. The fourth-order valence-corrected chi connectivity index (χ4v) is 6.91. The van der Waals surface area contributed by atoms with E-state index in [0.29, 0.717) is 5.70 Å². The number of fused-ring (bicyclic) bond motifs is 1. The van der Waals surface area contributed by atoms with Crippen molar-refractivity contribution in [1.29, 1.82) is 0 Å². The Morgan fingerprint density at radius 1 is 1.21 bits per heavy atom. The van der Waals surface area contributed by atoms with Gasteiger partial charge in [0.2, 0.25) is 21.5 Å². The van der Waals surface area contributed by atoms with Gasteiger partial charge in [0.15, 0.2) is 40.4 Å². The van der Waals surface area contributed by atoms with Crippen LogP contribution in [0, 0.1) is 0 Å². The molecule has 0 aliphatic carbocycles. The summed E-state index contributed by atoms with van der Waals surface area (Å²) in [5.74, 6) is -4.91. The van der Waals surface area contributed by atoms with E-state index in [2.05, 4.69) is 15.5 Å². The number of hydrogen-bond donors (Lipinski definition) is 5. The lowest BCUT2D eigenvalue weighted by Crippen LogP contribution is -2.71. The van der Waals surface area contributed by atoms with Crippen molar-refractivity contribution >= 4 is 67.3 Å². The summed E-state index contributed by atoms with van der Waals surface area (Å²) >= 11 is 2.23. The number of sulfone groups is 1. The molecule has 5 rings (SSSR count). The van der Waals surface area contributed by atoms with Gasteiger partial charge in [-0.25, -0.2) is 18.2 Å².